The molecule has 2 saturated heterocycles. The molecule has 0 saturated carbocycles. The van der Waals surface area contributed by atoms with Crippen LogP contribution in [0.3, 0.4) is 0 Å². The fourth-order valence-corrected chi connectivity index (χ4v) is 4.95. The molecule has 1 aromatic rings. The molecule has 1 aromatic carbocycles. The Kier molecular flexibility index (Phi) is 13.2. The van der Waals surface area contributed by atoms with E-state index in [0.717, 1.165) is 33.3 Å². The van der Waals surface area contributed by atoms with Crippen LogP contribution in [0.2, 0.25) is 0 Å². The van der Waals surface area contributed by atoms with Gasteiger partial charge < -0.3 is 53.4 Å². The largest absolute Gasteiger partial charge is 0.463 e. The quantitative estimate of drug-likeness (QED) is 0.189. The molecule has 16 nitrogen and oxygen atoms in total. The smallest absolute Gasteiger partial charge is 0.303 e. The number of ether oxygens (including phenoxy) is 8. The lowest BCUT2D eigenvalue weighted by atomic mass is 9.95. The average molecular weight is 642 g/mol. The highest BCUT2D eigenvalue weighted by Gasteiger charge is 2.55. The molecule has 250 valence electrons. The van der Waals surface area contributed by atoms with Crippen molar-refractivity contribution in [2.24, 2.45) is 0 Å². The van der Waals surface area contributed by atoms with Crippen LogP contribution in [0.25, 0.3) is 0 Å². The maximum absolute atomic E-state index is 12.2. The highest BCUT2D eigenvalue weighted by atomic mass is 16.7. The predicted molar refractivity (Wildman–Crippen MR) is 147 cm³/mol. The van der Waals surface area contributed by atoms with Gasteiger partial charge in [0.2, 0.25) is 5.91 Å². The molecule has 45 heavy (non-hydrogen) atoms. The third kappa shape index (κ3) is 10.4. The fraction of sp³-hybridized carbons (Fsp3) is 0.621. The standard InChI is InChI=1S/C29H39NO15/c1-14(31)30-22-23(36)24(20(43-28(22)37)12-38-11-19-9-7-6-8-10-19)45-29-27(42-18(5)35)26(41-17(4)34)25(40-16(3)33)21(44-29)13-39-15(2)32/h6-10,20-29,36-37H,11-13H2,1-5H3,(H,30,31)/t20-,21+,22-,23-,24-,25+,26-,27+,28+,29-/m1/s1. The van der Waals surface area contributed by atoms with Crippen LogP contribution in [0.15, 0.2) is 30.3 Å². The first-order valence-electron chi connectivity index (χ1n) is 14.1. The molecule has 0 bridgehead atoms. The second kappa shape index (κ2) is 16.6. The lowest BCUT2D eigenvalue weighted by Crippen LogP contribution is -2.68. The van der Waals surface area contributed by atoms with E-state index in [-0.39, 0.29) is 13.2 Å². The maximum Gasteiger partial charge on any atom is 0.303 e. The van der Waals surface area contributed by atoms with Crippen LogP contribution in [0.5, 0.6) is 0 Å². The highest BCUT2D eigenvalue weighted by Crippen LogP contribution is 2.33. The Morgan fingerprint density at radius 2 is 1.31 bits per heavy atom. The van der Waals surface area contributed by atoms with Crippen LogP contribution < -0.4 is 5.32 Å². The monoisotopic (exact) mass is 641 g/mol. The number of aliphatic hydroxyl groups excluding tert-OH is 2. The number of benzene rings is 1. The number of hydrogen-bond donors (Lipinski definition) is 3. The van der Waals surface area contributed by atoms with Crippen molar-refractivity contribution in [1.82, 2.24) is 5.32 Å². The Morgan fingerprint density at radius 3 is 1.89 bits per heavy atom. The van der Waals surface area contributed by atoms with Crippen molar-refractivity contribution >= 4 is 29.8 Å². The molecule has 16 heteroatoms. The van der Waals surface area contributed by atoms with Crippen LogP contribution in [-0.2, 0) is 68.5 Å². The zero-order chi connectivity index (χ0) is 33.3. The van der Waals surface area contributed by atoms with Crippen molar-refractivity contribution < 1.29 is 72.1 Å². The maximum atomic E-state index is 12.2. The number of amides is 1. The van der Waals surface area contributed by atoms with Crippen LogP contribution in [0.4, 0.5) is 0 Å². The van der Waals surface area contributed by atoms with Gasteiger partial charge in [-0.15, -0.1) is 0 Å². The number of aliphatic hydroxyl groups is 2. The number of esters is 4. The Morgan fingerprint density at radius 1 is 0.733 bits per heavy atom. The van der Waals surface area contributed by atoms with E-state index >= 15 is 0 Å². The molecule has 3 rings (SSSR count). The Balaban J connectivity index is 1.98. The first-order valence-corrected chi connectivity index (χ1v) is 14.1. The van der Waals surface area contributed by atoms with Crippen molar-refractivity contribution in [2.75, 3.05) is 13.2 Å². The first kappa shape index (κ1) is 35.8. The molecule has 1 amide bonds. The zero-order valence-electron chi connectivity index (χ0n) is 25.5. The number of hydrogen-bond acceptors (Lipinski definition) is 15. The van der Waals surface area contributed by atoms with E-state index < -0.39 is 97.7 Å². The van der Waals surface area contributed by atoms with E-state index in [1.165, 1.54) is 6.92 Å². The fourth-order valence-electron chi connectivity index (χ4n) is 4.95. The molecule has 0 unspecified atom stereocenters. The molecule has 0 aromatic heterocycles. The topological polar surface area (TPSA) is 212 Å². The van der Waals surface area contributed by atoms with E-state index in [2.05, 4.69) is 5.32 Å². The minimum atomic E-state index is -1.68. The number of rotatable bonds is 12. The molecule has 2 fully saturated rings. The van der Waals surface area contributed by atoms with Crippen molar-refractivity contribution in [1.29, 1.82) is 0 Å². The summed E-state index contributed by atoms with van der Waals surface area (Å²) >= 11 is 0. The van der Waals surface area contributed by atoms with Crippen molar-refractivity contribution in [3.63, 3.8) is 0 Å². The highest BCUT2D eigenvalue weighted by molar-refractivity contribution is 5.73. The van der Waals surface area contributed by atoms with Gasteiger partial charge in [0.05, 0.1) is 13.2 Å². The van der Waals surface area contributed by atoms with Gasteiger partial charge in [-0.1, -0.05) is 30.3 Å². The van der Waals surface area contributed by atoms with E-state index in [4.69, 9.17) is 37.9 Å². The van der Waals surface area contributed by atoms with E-state index in [0.29, 0.717) is 0 Å². The second-order valence-electron chi connectivity index (χ2n) is 10.5. The van der Waals surface area contributed by atoms with Crippen molar-refractivity contribution in [3.8, 4) is 0 Å². The van der Waals surface area contributed by atoms with Crippen molar-refractivity contribution in [3.05, 3.63) is 35.9 Å². The van der Waals surface area contributed by atoms with Gasteiger partial charge in [-0.05, 0) is 5.56 Å². The predicted octanol–water partition coefficient (Wildman–Crippen LogP) is -0.746. The Hall–Kier alpha value is -3.67. The summed E-state index contributed by atoms with van der Waals surface area (Å²) in [4.78, 5) is 59.9. The zero-order valence-corrected chi connectivity index (χ0v) is 25.5. The summed E-state index contributed by atoms with van der Waals surface area (Å²) in [6.07, 6.45) is -13.5. The normalized spacial score (nSPS) is 31.3. The Bertz CT molecular complexity index is 1180. The van der Waals surface area contributed by atoms with Crippen LogP contribution in [-0.4, -0.2) is 115 Å². The molecule has 0 spiro atoms. The van der Waals surface area contributed by atoms with E-state index in [9.17, 15) is 34.2 Å². The van der Waals surface area contributed by atoms with Crippen LogP contribution >= 0.6 is 0 Å². The molecule has 3 N–H and O–H groups in total. The third-order valence-corrected chi connectivity index (χ3v) is 6.70. The molecular formula is C29H39NO15. The van der Waals surface area contributed by atoms with Gasteiger partial charge in [-0.3, -0.25) is 24.0 Å². The molecule has 0 aliphatic carbocycles. The SMILES string of the molecule is CC(=O)N[C@@H]1[C@@H](O)[C@H](O[C@H]2O[C@@H](COC(C)=O)[C@H](OC(C)=O)[C@@H](OC(C)=O)[C@@H]2OC(C)=O)[C@@H](COCc2ccccc2)O[C@@H]1O. The minimum absolute atomic E-state index is 0.133. The third-order valence-electron chi connectivity index (χ3n) is 6.70. The average Bonchev–Trinajstić information content (AvgIpc) is 2.94. The van der Waals surface area contributed by atoms with Gasteiger partial charge in [0, 0.05) is 34.6 Å². The van der Waals surface area contributed by atoms with Gasteiger partial charge in [-0.2, -0.15) is 0 Å². The molecule has 0 radical (unpaired) electrons. The Labute approximate surface area is 259 Å². The van der Waals surface area contributed by atoms with Gasteiger partial charge in [-0.25, -0.2) is 0 Å². The number of carbonyl (C=O) groups is 5. The second-order valence-corrected chi connectivity index (χ2v) is 10.5. The molecule has 10 atom stereocenters. The molecule has 2 heterocycles. The van der Waals surface area contributed by atoms with Gasteiger partial charge in [0.1, 0.15) is 37.1 Å². The molecule has 2 aliphatic heterocycles. The van der Waals surface area contributed by atoms with Gasteiger partial charge >= 0.3 is 23.9 Å². The van der Waals surface area contributed by atoms with Crippen LogP contribution in [0.1, 0.15) is 40.2 Å². The first-order chi connectivity index (χ1) is 21.3. The summed E-state index contributed by atoms with van der Waals surface area (Å²) in [6.45, 7) is 4.92. The van der Waals surface area contributed by atoms with Gasteiger partial charge in [0.15, 0.2) is 30.9 Å². The summed E-state index contributed by atoms with van der Waals surface area (Å²) < 4.78 is 44.9. The van der Waals surface area contributed by atoms with Crippen LogP contribution in [0, 0.1) is 0 Å². The number of carbonyl (C=O) groups excluding carboxylic acids is 5. The summed E-state index contributed by atoms with van der Waals surface area (Å²) in [5.41, 5.74) is 0.822. The van der Waals surface area contributed by atoms with Gasteiger partial charge in [0.25, 0.3) is 0 Å². The molecule has 2 aliphatic rings. The van der Waals surface area contributed by atoms with Crippen molar-refractivity contribution in [2.45, 2.75) is 103 Å². The lowest BCUT2D eigenvalue weighted by molar-refractivity contribution is -0.347. The lowest BCUT2D eigenvalue weighted by Gasteiger charge is -2.48. The van der Waals surface area contributed by atoms with E-state index in [1.807, 2.05) is 30.3 Å². The molecular weight excluding hydrogens is 602 g/mol. The summed E-state index contributed by atoms with van der Waals surface area (Å²) in [5.74, 6) is -3.81. The summed E-state index contributed by atoms with van der Waals surface area (Å²) in [6, 6.07) is 7.74. The van der Waals surface area contributed by atoms with E-state index in [1.54, 1.807) is 0 Å². The number of nitrogens with one attached hydrogen (secondary N) is 1. The minimum Gasteiger partial charge on any atom is -0.463 e. The summed E-state index contributed by atoms with van der Waals surface area (Å²) in [7, 11) is 0. The summed E-state index contributed by atoms with van der Waals surface area (Å²) in [5, 5.41) is 24.4.